The van der Waals surface area contributed by atoms with Gasteiger partial charge in [-0.1, -0.05) is 12.5 Å². The van der Waals surface area contributed by atoms with Crippen molar-refractivity contribution < 1.29 is 13.9 Å². The van der Waals surface area contributed by atoms with Gasteiger partial charge in [0.05, 0.1) is 12.6 Å². The van der Waals surface area contributed by atoms with Crippen LogP contribution >= 0.6 is 0 Å². The fourth-order valence-electron chi connectivity index (χ4n) is 3.10. The minimum atomic E-state index is -0.931. The zero-order valence-electron chi connectivity index (χ0n) is 12.8. The van der Waals surface area contributed by atoms with E-state index in [1.165, 1.54) is 12.4 Å². The lowest BCUT2D eigenvalue weighted by Crippen LogP contribution is -2.44. The Balaban J connectivity index is 1.67. The van der Waals surface area contributed by atoms with Crippen molar-refractivity contribution in [1.82, 2.24) is 19.7 Å². The van der Waals surface area contributed by atoms with Gasteiger partial charge in [-0.15, -0.1) is 0 Å². The first-order chi connectivity index (χ1) is 11.1. The summed E-state index contributed by atoms with van der Waals surface area (Å²) in [7, 11) is 0. The Bertz CT molecular complexity index is 635. The molecule has 0 amide bonds. The third-order valence-electron chi connectivity index (χ3n) is 4.35. The maximum atomic E-state index is 13.3. The second kappa shape index (κ2) is 7.14. The lowest BCUT2D eigenvalue weighted by atomic mass is 10.00. The quantitative estimate of drug-likeness (QED) is 0.916. The van der Waals surface area contributed by atoms with E-state index in [0.717, 1.165) is 37.9 Å². The van der Waals surface area contributed by atoms with Crippen molar-refractivity contribution >= 4 is 0 Å². The van der Waals surface area contributed by atoms with Crippen LogP contribution in [-0.4, -0.2) is 43.9 Å². The Kier molecular flexibility index (Phi) is 4.97. The van der Waals surface area contributed by atoms with E-state index in [1.54, 1.807) is 11.0 Å². The summed E-state index contributed by atoms with van der Waals surface area (Å²) in [4.78, 5) is 6.14. The number of aromatic nitrogens is 3. The van der Waals surface area contributed by atoms with Gasteiger partial charge in [-0.05, 0) is 37.1 Å². The summed E-state index contributed by atoms with van der Waals surface area (Å²) in [6.45, 7) is 1.98. The van der Waals surface area contributed by atoms with E-state index in [4.69, 9.17) is 0 Å². The van der Waals surface area contributed by atoms with Gasteiger partial charge >= 0.3 is 0 Å². The summed E-state index contributed by atoms with van der Waals surface area (Å²) in [6, 6.07) is 3.80. The number of aliphatic hydroxyl groups is 1. The van der Waals surface area contributed by atoms with Crippen molar-refractivity contribution in [3.8, 4) is 0 Å². The monoisotopic (exact) mass is 322 g/mol. The molecule has 0 aliphatic carbocycles. The van der Waals surface area contributed by atoms with Crippen LogP contribution in [0.15, 0.2) is 30.9 Å². The fraction of sp³-hybridized carbons (Fsp3) is 0.500. The Hall–Kier alpha value is -1.86. The molecule has 2 aromatic rings. The van der Waals surface area contributed by atoms with Crippen LogP contribution in [0, 0.1) is 11.6 Å². The number of likely N-dealkylation sites (tertiary alicyclic amines) is 1. The van der Waals surface area contributed by atoms with E-state index in [-0.39, 0.29) is 6.04 Å². The van der Waals surface area contributed by atoms with Crippen molar-refractivity contribution in [2.75, 3.05) is 13.1 Å². The highest BCUT2D eigenvalue weighted by Gasteiger charge is 2.25. The molecule has 7 heteroatoms. The standard InChI is InChI=1S/C16H20F2N4O/c17-14-5-4-12(7-15(14)18)16(23)9-21-6-2-1-3-13(21)8-22-11-19-10-20-22/h4-5,7,10-11,13,16,23H,1-3,6,8-9H2/t13-,16-/m0/s1. The van der Waals surface area contributed by atoms with Crippen LogP contribution in [0.1, 0.15) is 30.9 Å². The maximum Gasteiger partial charge on any atom is 0.159 e. The first-order valence-corrected chi connectivity index (χ1v) is 7.83. The van der Waals surface area contributed by atoms with Crippen LogP contribution in [0.5, 0.6) is 0 Å². The number of rotatable bonds is 5. The molecule has 2 atom stereocenters. The van der Waals surface area contributed by atoms with Gasteiger partial charge in [0, 0.05) is 12.6 Å². The summed E-state index contributed by atoms with van der Waals surface area (Å²) >= 11 is 0. The third-order valence-corrected chi connectivity index (χ3v) is 4.35. The number of benzene rings is 1. The summed E-state index contributed by atoms with van der Waals surface area (Å²) in [5.74, 6) is -1.83. The summed E-state index contributed by atoms with van der Waals surface area (Å²) in [5.41, 5.74) is 0.397. The van der Waals surface area contributed by atoms with Crippen LogP contribution in [0.2, 0.25) is 0 Å². The molecule has 1 fully saturated rings. The smallest absolute Gasteiger partial charge is 0.159 e. The van der Waals surface area contributed by atoms with Gasteiger partial charge in [0.1, 0.15) is 12.7 Å². The van der Waals surface area contributed by atoms with E-state index >= 15 is 0 Å². The average Bonchev–Trinajstić information content (AvgIpc) is 3.05. The van der Waals surface area contributed by atoms with Gasteiger partial charge in [0.2, 0.25) is 0 Å². The van der Waals surface area contributed by atoms with E-state index in [9.17, 15) is 13.9 Å². The van der Waals surface area contributed by atoms with Gasteiger partial charge in [0.25, 0.3) is 0 Å². The van der Waals surface area contributed by atoms with Gasteiger partial charge in [-0.25, -0.2) is 13.8 Å². The summed E-state index contributed by atoms with van der Waals surface area (Å²) in [6.07, 6.45) is 5.56. The molecule has 0 spiro atoms. The molecule has 2 heterocycles. The Labute approximate surface area is 133 Å². The van der Waals surface area contributed by atoms with E-state index in [2.05, 4.69) is 15.0 Å². The van der Waals surface area contributed by atoms with Crippen molar-refractivity contribution in [1.29, 1.82) is 0 Å². The number of β-amino-alcohol motifs (C(OH)–C–C–N with tert-alkyl or cyclic N) is 1. The Morgan fingerprint density at radius 1 is 1.26 bits per heavy atom. The van der Waals surface area contributed by atoms with Crippen LogP contribution in [-0.2, 0) is 6.54 Å². The van der Waals surface area contributed by atoms with Crippen LogP contribution in [0.25, 0.3) is 0 Å². The predicted molar refractivity (Wildman–Crippen MR) is 80.6 cm³/mol. The third kappa shape index (κ3) is 3.92. The lowest BCUT2D eigenvalue weighted by Gasteiger charge is -2.36. The molecule has 1 N–H and O–H groups in total. The first-order valence-electron chi connectivity index (χ1n) is 7.83. The normalized spacial score (nSPS) is 20.6. The molecule has 1 aromatic carbocycles. The molecule has 5 nitrogen and oxygen atoms in total. The lowest BCUT2D eigenvalue weighted by molar-refractivity contribution is 0.0589. The minimum Gasteiger partial charge on any atom is -0.387 e. The molecular formula is C16H20F2N4O. The minimum absolute atomic E-state index is 0.255. The highest BCUT2D eigenvalue weighted by Crippen LogP contribution is 2.23. The van der Waals surface area contributed by atoms with Crippen molar-refractivity contribution in [2.24, 2.45) is 0 Å². The number of piperidine rings is 1. The summed E-state index contributed by atoms with van der Waals surface area (Å²) < 4.78 is 28.1. The van der Waals surface area contributed by atoms with Crippen molar-refractivity contribution in [3.05, 3.63) is 48.1 Å². The Morgan fingerprint density at radius 3 is 2.87 bits per heavy atom. The molecule has 0 unspecified atom stereocenters. The second-order valence-electron chi connectivity index (χ2n) is 5.95. The number of hydrogen-bond acceptors (Lipinski definition) is 4. The maximum absolute atomic E-state index is 13.3. The number of hydrogen-bond donors (Lipinski definition) is 1. The zero-order valence-corrected chi connectivity index (χ0v) is 12.8. The highest BCUT2D eigenvalue weighted by molar-refractivity contribution is 5.20. The zero-order chi connectivity index (χ0) is 16.2. The molecule has 1 saturated heterocycles. The van der Waals surface area contributed by atoms with Crippen LogP contribution in [0.4, 0.5) is 8.78 Å². The van der Waals surface area contributed by atoms with Crippen LogP contribution in [0.3, 0.4) is 0 Å². The Morgan fingerprint density at radius 2 is 2.13 bits per heavy atom. The van der Waals surface area contributed by atoms with E-state index < -0.39 is 17.7 Å². The molecule has 1 aliphatic rings. The van der Waals surface area contributed by atoms with E-state index in [1.807, 2.05) is 0 Å². The number of halogens is 2. The van der Waals surface area contributed by atoms with Gasteiger partial charge < -0.3 is 5.11 Å². The molecule has 0 bridgehead atoms. The largest absolute Gasteiger partial charge is 0.387 e. The van der Waals surface area contributed by atoms with Crippen molar-refractivity contribution in [3.63, 3.8) is 0 Å². The molecular weight excluding hydrogens is 302 g/mol. The second-order valence-corrected chi connectivity index (χ2v) is 5.95. The van der Waals surface area contributed by atoms with Gasteiger partial charge in [-0.2, -0.15) is 5.10 Å². The van der Waals surface area contributed by atoms with Crippen LogP contribution < -0.4 is 0 Å². The van der Waals surface area contributed by atoms with Gasteiger partial charge in [0.15, 0.2) is 11.6 Å². The topological polar surface area (TPSA) is 54.2 Å². The summed E-state index contributed by atoms with van der Waals surface area (Å²) in [5, 5.41) is 14.5. The SMILES string of the molecule is O[C@@H](CN1CCCC[C@H]1Cn1cncn1)c1ccc(F)c(F)c1. The predicted octanol–water partition coefficient (Wildman–Crippen LogP) is 2.14. The molecule has 1 aliphatic heterocycles. The van der Waals surface area contributed by atoms with Gasteiger partial charge in [-0.3, -0.25) is 9.58 Å². The molecule has 0 saturated carbocycles. The molecule has 0 radical (unpaired) electrons. The van der Waals surface area contributed by atoms with Crippen molar-refractivity contribution in [2.45, 2.75) is 38.0 Å². The number of nitrogens with zero attached hydrogens (tertiary/aromatic N) is 4. The fourth-order valence-corrected chi connectivity index (χ4v) is 3.10. The molecule has 23 heavy (non-hydrogen) atoms. The first kappa shape index (κ1) is 16.0. The molecule has 124 valence electrons. The number of aliphatic hydroxyl groups excluding tert-OH is 1. The highest BCUT2D eigenvalue weighted by atomic mass is 19.2. The average molecular weight is 322 g/mol. The van der Waals surface area contributed by atoms with E-state index in [0.29, 0.717) is 18.7 Å². The molecule has 1 aromatic heterocycles. The molecule has 3 rings (SSSR count).